The molecule has 104 valence electrons. The number of nitro groups is 1. The topological polar surface area (TPSA) is 98.3 Å². The first-order valence-corrected chi connectivity index (χ1v) is 6.25. The van der Waals surface area contributed by atoms with Crippen molar-refractivity contribution in [3.05, 3.63) is 33.9 Å². The van der Waals surface area contributed by atoms with Gasteiger partial charge in [0.2, 0.25) is 5.91 Å². The predicted octanol–water partition coefficient (Wildman–Crippen LogP) is 2.08. The Hall–Kier alpha value is -1.95. The van der Waals surface area contributed by atoms with Crippen molar-refractivity contribution in [2.75, 3.05) is 11.9 Å². The molecular weight excluding hydrogens is 246 g/mol. The van der Waals surface area contributed by atoms with E-state index < -0.39 is 4.92 Å². The predicted molar refractivity (Wildman–Crippen MR) is 73.9 cm³/mol. The van der Waals surface area contributed by atoms with Crippen LogP contribution in [0.2, 0.25) is 0 Å². The van der Waals surface area contributed by atoms with E-state index in [0.29, 0.717) is 30.6 Å². The van der Waals surface area contributed by atoms with E-state index in [1.807, 2.05) is 13.8 Å². The van der Waals surface area contributed by atoms with E-state index in [-0.39, 0.29) is 17.5 Å². The third-order valence-corrected chi connectivity index (χ3v) is 2.88. The Labute approximate surface area is 112 Å². The molecule has 0 heterocycles. The monoisotopic (exact) mass is 265 g/mol. The fourth-order valence-electron chi connectivity index (χ4n) is 1.72. The highest BCUT2D eigenvalue weighted by molar-refractivity contribution is 5.91. The van der Waals surface area contributed by atoms with Gasteiger partial charge in [-0.2, -0.15) is 0 Å². The molecule has 0 aromatic heterocycles. The number of nitrogens with one attached hydrogen (secondary N) is 1. The van der Waals surface area contributed by atoms with Crippen LogP contribution in [0.15, 0.2) is 18.2 Å². The minimum absolute atomic E-state index is 0.0344. The summed E-state index contributed by atoms with van der Waals surface area (Å²) in [5.41, 5.74) is 6.57. The molecule has 0 radical (unpaired) electrons. The van der Waals surface area contributed by atoms with Gasteiger partial charge in [0, 0.05) is 23.7 Å². The van der Waals surface area contributed by atoms with Crippen LogP contribution in [-0.2, 0) is 11.2 Å². The van der Waals surface area contributed by atoms with Crippen molar-refractivity contribution >= 4 is 17.3 Å². The van der Waals surface area contributed by atoms with E-state index in [9.17, 15) is 14.9 Å². The largest absolute Gasteiger partial charge is 0.330 e. The summed E-state index contributed by atoms with van der Waals surface area (Å²) in [5, 5.41) is 13.6. The minimum Gasteiger partial charge on any atom is -0.330 e. The normalized spacial score (nSPS) is 11.9. The molecule has 0 bridgehead atoms. The molecular formula is C13H19N3O3. The van der Waals surface area contributed by atoms with Gasteiger partial charge in [-0.05, 0) is 24.9 Å². The lowest BCUT2D eigenvalue weighted by atomic mass is 10.1. The second kappa shape index (κ2) is 6.84. The summed E-state index contributed by atoms with van der Waals surface area (Å²) in [5.74, 6) is -0.0959. The molecule has 0 aliphatic carbocycles. The van der Waals surface area contributed by atoms with Crippen LogP contribution in [0, 0.1) is 16.0 Å². The standard InChI is InChI=1S/C13H19N3O3/c1-3-10-4-5-11(7-12(10)16(18)19)15-13(17)6-9(2)8-14/h4-5,7,9H,3,6,8,14H2,1-2H3,(H,15,17). The fraction of sp³-hybridized carbons (Fsp3) is 0.462. The van der Waals surface area contributed by atoms with Crippen LogP contribution in [0.1, 0.15) is 25.8 Å². The smallest absolute Gasteiger partial charge is 0.274 e. The number of aryl methyl sites for hydroxylation is 1. The second-order valence-electron chi connectivity index (χ2n) is 4.55. The van der Waals surface area contributed by atoms with Crippen LogP contribution in [0.4, 0.5) is 11.4 Å². The van der Waals surface area contributed by atoms with E-state index in [1.54, 1.807) is 12.1 Å². The number of nitrogens with zero attached hydrogens (tertiary/aromatic N) is 1. The van der Waals surface area contributed by atoms with Crippen LogP contribution in [0.25, 0.3) is 0 Å². The van der Waals surface area contributed by atoms with Crippen LogP contribution >= 0.6 is 0 Å². The second-order valence-corrected chi connectivity index (χ2v) is 4.55. The van der Waals surface area contributed by atoms with Crippen molar-refractivity contribution in [1.29, 1.82) is 0 Å². The number of nitrogens with two attached hydrogens (primary N) is 1. The van der Waals surface area contributed by atoms with Gasteiger partial charge in [-0.25, -0.2) is 0 Å². The number of anilines is 1. The molecule has 0 fully saturated rings. The summed E-state index contributed by atoms with van der Waals surface area (Å²) in [6.45, 7) is 4.16. The summed E-state index contributed by atoms with van der Waals surface area (Å²) >= 11 is 0. The molecule has 1 atom stereocenters. The van der Waals surface area contributed by atoms with E-state index in [4.69, 9.17) is 5.73 Å². The highest BCUT2D eigenvalue weighted by atomic mass is 16.6. The lowest BCUT2D eigenvalue weighted by molar-refractivity contribution is -0.385. The lowest BCUT2D eigenvalue weighted by Gasteiger charge is -2.09. The number of hydrogen-bond donors (Lipinski definition) is 2. The Morgan fingerprint density at radius 3 is 2.74 bits per heavy atom. The van der Waals surface area contributed by atoms with E-state index in [0.717, 1.165) is 0 Å². The molecule has 0 aliphatic heterocycles. The highest BCUT2D eigenvalue weighted by Crippen LogP contribution is 2.23. The molecule has 6 heteroatoms. The maximum absolute atomic E-state index is 11.7. The maximum atomic E-state index is 11.7. The van der Waals surface area contributed by atoms with Gasteiger partial charge in [0.05, 0.1) is 4.92 Å². The number of carbonyl (C=O) groups excluding carboxylic acids is 1. The zero-order valence-electron chi connectivity index (χ0n) is 11.2. The SMILES string of the molecule is CCc1ccc(NC(=O)CC(C)CN)cc1[N+](=O)[O-]. The number of rotatable bonds is 6. The third kappa shape index (κ3) is 4.33. The van der Waals surface area contributed by atoms with Crippen molar-refractivity contribution in [1.82, 2.24) is 0 Å². The van der Waals surface area contributed by atoms with Gasteiger partial charge >= 0.3 is 0 Å². The van der Waals surface area contributed by atoms with Gasteiger partial charge in [0.15, 0.2) is 0 Å². The van der Waals surface area contributed by atoms with Gasteiger partial charge in [-0.1, -0.05) is 19.9 Å². The van der Waals surface area contributed by atoms with Crippen molar-refractivity contribution in [2.45, 2.75) is 26.7 Å². The first kappa shape index (κ1) is 15.1. The molecule has 0 saturated carbocycles. The molecule has 6 nitrogen and oxygen atoms in total. The Kier molecular flexibility index (Phi) is 5.44. The summed E-state index contributed by atoms with van der Waals surface area (Å²) < 4.78 is 0. The highest BCUT2D eigenvalue weighted by Gasteiger charge is 2.14. The Balaban J connectivity index is 2.82. The molecule has 1 rings (SSSR count). The molecule has 1 amide bonds. The molecule has 3 N–H and O–H groups in total. The fourth-order valence-corrected chi connectivity index (χ4v) is 1.72. The van der Waals surface area contributed by atoms with Gasteiger partial charge in [0.1, 0.15) is 0 Å². The van der Waals surface area contributed by atoms with E-state index >= 15 is 0 Å². The summed E-state index contributed by atoms with van der Waals surface area (Å²) in [7, 11) is 0. The average molecular weight is 265 g/mol. The van der Waals surface area contributed by atoms with Crippen molar-refractivity contribution in [2.24, 2.45) is 11.7 Å². The van der Waals surface area contributed by atoms with Crippen LogP contribution in [0.3, 0.4) is 0 Å². The quantitative estimate of drug-likeness (QED) is 0.607. The van der Waals surface area contributed by atoms with Gasteiger partial charge in [-0.3, -0.25) is 14.9 Å². The maximum Gasteiger partial charge on any atom is 0.274 e. The van der Waals surface area contributed by atoms with Gasteiger partial charge in [0.25, 0.3) is 5.69 Å². The number of carbonyl (C=O) groups is 1. The zero-order valence-corrected chi connectivity index (χ0v) is 11.2. The van der Waals surface area contributed by atoms with Crippen molar-refractivity contribution < 1.29 is 9.72 Å². The molecule has 1 unspecified atom stereocenters. The molecule has 0 aliphatic rings. The van der Waals surface area contributed by atoms with Crippen LogP contribution < -0.4 is 11.1 Å². The number of benzene rings is 1. The van der Waals surface area contributed by atoms with E-state index in [2.05, 4.69) is 5.32 Å². The zero-order chi connectivity index (χ0) is 14.4. The van der Waals surface area contributed by atoms with Crippen LogP contribution in [-0.4, -0.2) is 17.4 Å². The summed E-state index contributed by atoms with van der Waals surface area (Å²) in [4.78, 5) is 22.2. The van der Waals surface area contributed by atoms with Crippen LogP contribution in [0.5, 0.6) is 0 Å². The first-order chi connectivity index (χ1) is 8.97. The molecule has 0 saturated heterocycles. The van der Waals surface area contributed by atoms with Crippen molar-refractivity contribution in [3.63, 3.8) is 0 Å². The lowest BCUT2D eigenvalue weighted by Crippen LogP contribution is -2.20. The number of nitro benzene ring substituents is 1. The van der Waals surface area contributed by atoms with E-state index in [1.165, 1.54) is 6.07 Å². The Morgan fingerprint density at radius 2 is 2.21 bits per heavy atom. The summed E-state index contributed by atoms with van der Waals surface area (Å²) in [6, 6.07) is 4.74. The molecule has 1 aromatic rings. The minimum atomic E-state index is -0.434. The Morgan fingerprint density at radius 1 is 1.53 bits per heavy atom. The van der Waals surface area contributed by atoms with Gasteiger partial charge < -0.3 is 11.1 Å². The third-order valence-electron chi connectivity index (χ3n) is 2.88. The molecule has 19 heavy (non-hydrogen) atoms. The number of amides is 1. The number of hydrogen-bond acceptors (Lipinski definition) is 4. The molecule has 0 spiro atoms. The average Bonchev–Trinajstić information content (AvgIpc) is 2.38. The Bertz CT molecular complexity index is 474. The molecule has 1 aromatic carbocycles. The first-order valence-electron chi connectivity index (χ1n) is 6.25. The van der Waals surface area contributed by atoms with Crippen molar-refractivity contribution in [3.8, 4) is 0 Å². The van der Waals surface area contributed by atoms with Gasteiger partial charge in [-0.15, -0.1) is 0 Å². The summed E-state index contributed by atoms with van der Waals surface area (Å²) in [6.07, 6.45) is 0.884.